The molecule has 0 radical (unpaired) electrons. The molecule has 0 aromatic rings. The van der Waals surface area contributed by atoms with Gasteiger partial charge in [-0.05, 0) is 25.8 Å². The number of hydrogen-bond acceptors (Lipinski definition) is 5. The summed E-state index contributed by atoms with van der Waals surface area (Å²) < 4.78 is 5.68. The highest BCUT2D eigenvalue weighted by atomic mass is 16.5. The first-order chi connectivity index (χ1) is 9.28. The van der Waals surface area contributed by atoms with Gasteiger partial charge in [0.15, 0.2) is 0 Å². The zero-order valence-electron chi connectivity index (χ0n) is 11.3. The number of hydrogen-bond donors (Lipinski definition) is 2. The van der Waals surface area contributed by atoms with Gasteiger partial charge in [0, 0.05) is 19.1 Å². The van der Waals surface area contributed by atoms with Crippen molar-refractivity contribution in [3.05, 3.63) is 0 Å². The molecule has 2 N–H and O–H groups in total. The maximum Gasteiger partial charge on any atom is 0.241 e. The minimum Gasteiger partial charge on any atom is -0.378 e. The quantitative estimate of drug-likeness (QED) is 0.627. The van der Waals surface area contributed by atoms with Crippen LogP contribution >= 0.6 is 0 Å². The van der Waals surface area contributed by atoms with Crippen LogP contribution < -0.4 is 10.7 Å². The largest absolute Gasteiger partial charge is 0.378 e. The summed E-state index contributed by atoms with van der Waals surface area (Å²) in [5.41, 5.74) is 3.22. The molecule has 19 heavy (non-hydrogen) atoms. The molecule has 1 aliphatic carbocycles. The third-order valence-corrected chi connectivity index (χ3v) is 4.91. The molecule has 2 bridgehead atoms. The molecule has 0 spiro atoms. The molecular formula is C13H22N4O2. The van der Waals surface area contributed by atoms with Gasteiger partial charge in [0.1, 0.15) is 6.04 Å². The van der Waals surface area contributed by atoms with Gasteiger partial charge in [-0.2, -0.15) is 0 Å². The summed E-state index contributed by atoms with van der Waals surface area (Å²) in [5, 5.41) is 5.58. The van der Waals surface area contributed by atoms with Crippen LogP contribution in [0.25, 0.3) is 0 Å². The normalized spacial score (nSPS) is 42.3. The van der Waals surface area contributed by atoms with Gasteiger partial charge in [0.05, 0.1) is 25.3 Å². The molecule has 5 rings (SSSR count). The summed E-state index contributed by atoms with van der Waals surface area (Å²) in [4.78, 5) is 14.7. The van der Waals surface area contributed by atoms with Crippen molar-refractivity contribution >= 4 is 5.91 Å². The van der Waals surface area contributed by atoms with Crippen molar-refractivity contribution in [2.75, 3.05) is 33.4 Å². The molecule has 4 aliphatic heterocycles. The van der Waals surface area contributed by atoms with Crippen molar-refractivity contribution in [3.63, 3.8) is 0 Å². The van der Waals surface area contributed by atoms with Crippen molar-refractivity contribution in [3.8, 4) is 0 Å². The first-order valence-corrected chi connectivity index (χ1v) is 7.36. The van der Waals surface area contributed by atoms with Gasteiger partial charge in [-0.15, -0.1) is 0 Å². The van der Waals surface area contributed by atoms with E-state index in [-0.39, 0.29) is 18.1 Å². The molecule has 0 aromatic heterocycles. The Kier molecular flexibility index (Phi) is 2.80. The van der Waals surface area contributed by atoms with Crippen molar-refractivity contribution in [2.45, 2.75) is 37.0 Å². The molecule has 4 atom stereocenters. The van der Waals surface area contributed by atoms with E-state index in [2.05, 4.69) is 20.7 Å². The van der Waals surface area contributed by atoms with Crippen molar-refractivity contribution in [1.82, 2.24) is 20.7 Å². The van der Waals surface area contributed by atoms with Crippen LogP contribution in [0, 0.1) is 5.92 Å². The Labute approximate surface area is 113 Å². The Balaban J connectivity index is 1.45. The van der Waals surface area contributed by atoms with E-state index in [9.17, 15) is 4.79 Å². The molecule has 6 heteroatoms. The highest BCUT2D eigenvalue weighted by Gasteiger charge is 2.53. The second-order valence-electron chi connectivity index (χ2n) is 6.22. The Morgan fingerprint density at radius 1 is 1.26 bits per heavy atom. The molecule has 2 unspecified atom stereocenters. The zero-order chi connectivity index (χ0) is 13.0. The maximum atomic E-state index is 12.6. The number of ether oxygens (including phenoxy) is 1. The first kappa shape index (κ1) is 12.1. The zero-order valence-corrected chi connectivity index (χ0v) is 11.3. The highest BCUT2D eigenvalue weighted by molar-refractivity contribution is 5.86. The molecule has 1 saturated carbocycles. The third kappa shape index (κ3) is 2.07. The van der Waals surface area contributed by atoms with Crippen LogP contribution in [0.1, 0.15) is 12.8 Å². The maximum absolute atomic E-state index is 12.6. The van der Waals surface area contributed by atoms with E-state index in [1.807, 2.05) is 7.05 Å². The molecule has 4 heterocycles. The summed E-state index contributed by atoms with van der Waals surface area (Å²) in [6.45, 7) is 3.04. The summed E-state index contributed by atoms with van der Waals surface area (Å²) in [5.74, 6) is 1.07. The lowest BCUT2D eigenvalue weighted by atomic mass is 10.1. The van der Waals surface area contributed by atoms with Crippen LogP contribution in [-0.2, 0) is 9.53 Å². The van der Waals surface area contributed by atoms with E-state index in [0.29, 0.717) is 25.2 Å². The number of hydrazine groups is 1. The van der Waals surface area contributed by atoms with Gasteiger partial charge in [0.2, 0.25) is 5.91 Å². The minimum absolute atomic E-state index is 0.0925. The number of rotatable bonds is 3. The Hall–Kier alpha value is -0.690. The number of piperazine rings is 1. The fourth-order valence-corrected chi connectivity index (χ4v) is 3.54. The third-order valence-electron chi connectivity index (χ3n) is 4.91. The molecule has 106 valence electrons. The standard InChI is InChI=1S/C13H22N4O2/c1-14-17-5-9-6-19-7-10(17)4-16(9)13(18)12-11(15-12)8-2-3-8/h8-12,14-15H,2-7H2,1H3/t9?,10?,11-,12-/m1/s1. The number of amides is 1. The second kappa shape index (κ2) is 4.41. The Bertz CT molecular complexity index is 387. The van der Waals surface area contributed by atoms with Crippen LogP contribution in [0.5, 0.6) is 0 Å². The van der Waals surface area contributed by atoms with Gasteiger partial charge >= 0.3 is 0 Å². The topological polar surface area (TPSA) is 66.8 Å². The smallest absolute Gasteiger partial charge is 0.241 e. The second-order valence-corrected chi connectivity index (χ2v) is 6.22. The molecule has 5 fully saturated rings. The molecular weight excluding hydrogens is 244 g/mol. The number of fused-ring (bicyclic) bond motifs is 4. The van der Waals surface area contributed by atoms with E-state index in [1.54, 1.807) is 0 Å². The van der Waals surface area contributed by atoms with Crippen molar-refractivity contribution in [1.29, 1.82) is 0 Å². The Morgan fingerprint density at radius 2 is 2.05 bits per heavy atom. The predicted molar refractivity (Wildman–Crippen MR) is 69.3 cm³/mol. The average Bonchev–Trinajstić information content (AvgIpc) is 3.31. The van der Waals surface area contributed by atoms with Crippen LogP contribution in [0.4, 0.5) is 0 Å². The Morgan fingerprint density at radius 3 is 2.79 bits per heavy atom. The lowest BCUT2D eigenvalue weighted by Crippen LogP contribution is -2.63. The van der Waals surface area contributed by atoms with E-state index < -0.39 is 0 Å². The van der Waals surface area contributed by atoms with Crippen LogP contribution in [0.2, 0.25) is 0 Å². The molecule has 1 amide bonds. The van der Waals surface area contributed by atoms with E-state index >= 15 is 0 Å². The summed E-state index contributed by atoms with van der Waals surface area (Å²) in [7, 11) is 1.94. The SMILES string of the molecule is CNN1CC2COCC1CN2C(=O)[C@@H]1N[C@@H]1C1CC1. The fourth-order valence-electron chi connectivity index (χ4n) is 3.54. The van der Waals surface area contributed by atoms with Gasteiger partial charge in [-0.25, -0.2) is 5.01 Å². The van der Waals surface area contributed by atoms with Gasteiger partial charge in [-0.3, -0.25) is 15.5 Å². The number of nitrogens with zero attached hydrogens (tertiary/aromatic N) is 2. The van der Waals surface area contributed by atoms with Crippen molar-refractivity contribution in [2.24, 2.45) is 5.92 Å². The van der Waals surface area contributed by atoms with Crippen LogP contribution in [-0.4, -0.2) is 73.3 Å². The first-order valence-electron chi connectivity index (χ1n) is 7.36. The molecule has 5 aliphatic rings. The lowest BCUT2D eigenvalue weighted by molar-refractivity contribution is -0.137. The van der Waals surface area contributed by atoms with Gasteiger partial charge in [-0.1, -0.05) is 0 Å². The summed E-state index contributed by atoms with van der Waals surface area (Å²) in [6.07, 6.45) is 2.59. The highest BCUT2D eigenvalue weighted by Crippen LogP contribution is 2.40. The van der Waals surface area contributed by atoms with Crippen molar-refractivity contribution < 1.29 is 9.53 Å². The van der Waals surface area contributed by atoms with E-state index in [0.717, 1.165) is 19.0 Å². The lowest BCUT2D eigenvalue weighted by Gasteiger charge is -2.42. The minimum atomic E-state index is 0.0925. The fraction of sp³-hybridized carbons (Fsp3) is 0.923. The molecule has 4 saturated heterocycles. The molecule has 0 aromatic carbocycles. The summed E-state index contributed by atoms with van der Waals surface area (Å²) in [6, 6.07) is 1.04. The number of carbonyl (C=O) groups is 1. The molecule has 6 nitrogen and oxygen atoms in total. The van der Waals surface area contributed by atoms with Crippen LogP contribution in [0.15, 0.2) is 0 Å². The summed E-state index contributed by atoms with van der Waals surface area (Å²) >= 11 is 0. The number of nitrogens with one attached hydrogen (secondary N) is 2. The average molecular weight is 266 g/mol. The monoisotopic (exact) mass is 266 g/mol. The van der Waals surface area contributed by atoms with E-state index in [4.69, 9.17) is 4.74 Å². The number of carbonyl (C=O) groups excluding carboxylic acids is 1. The van der Waals surface area contributed by atoms with E-state index in [1.165, 1.54) is 12.8 Å². The van der Waals surface area contributed by atoms with Crippen LogP contribution in [0.3, 0.4) is 0 Å². The van der Waals surface area contributed by atoms with Gasteiger partial charge < -0.3 is 9.64 Å². The van der Waals surface area contributed by atoms with Gasteiger partial charge in [0.25, 0.3) is 0 Å². The predicted octanol–water partition coefficient (Wildman–Crippen LogP) is -1.22.